The third-order valence-electron chi connectivity index (χ3n) is 4.71. The van der Waals surface area contributed by atoms with Crippen molar-refractivity contribution in [3.8, 4) is 0 Å². The van der Waals surface area contributed by atoms with Gasteiger partial charge in [-0.25, -0.2) is 0 Å². The van der Waals surface area contributed by atoms with E-state index >= 15 is 0 Å². The number of methoxy groups -OCH3 is 2. The summed E-state index contributed by atoms with van der Waals surface area (Å²) in [4.78, 5) is 24.5. The molecule has 1 fully saturated rings. The molecule has 0 heterocycles. The number of hydrogen-bond acceptors (Lipinski definition) is 4. The van der Waals surface area contributed by atoms with E-state index in [0.29, 0.717) is 18.3 Å². The predicted octanol–water partition coefficient (Wildman–Crippen LogP) is 3.03. The van der Waals surface area contributed by atoms with Gasteiger partial charge in [0.05, 0.1) is 14.2 Å². The summed E-state index contributed by atoms with van der Waals surface area (Å²) in [6.07, 6.45) is 10.7. The van der Waals surface area contributed by atoms with Crippen molar-refractivity contribution >= 4 is 11.9 Å². The Kier molecular flexibility index (Phi) is 4.86. The summed E-state index contributed by atoms with van der Waals surface area (Å²) >= 11 is 0. The third kappa shape index (κ3) is 2.76. The molecule has 1 saturated carbocycles. The SMILES string of the molecule is CCC/C=C/C1=CC(C(=O)OC)(C(=O)OC)CC2CCC12. The van der Waals surface area contributed by atoms with E-state index in [1.807, 2.05) is 0 Å². The highest BCUT2D eigenvalue weighted by Gasteiger charge is 2.54. The van der Waals surface area contributed by atoms with Gasteiger partial charge in [0.2, 0.25) is 0 Å². The van der Waals surface area contributed by atoms with Gasteiger partial charge in [-0.3, -0.25) is 9.59 Å². The molecular weight excluding hydrogens is 268 g/mol. The molecule has 2 rings (SSSR count). The van der Waals surface area contributed by atoms with Crippen LogP contribution in [-0.4, -0.2) is 26.2 Å². The number of allylic oxidation sites excluding steroid dienone is 3. The molecule has 0 amide bonds. The van der Waals surface area contributed by atoms with Gasteiger partial charge in [-0.1, -0.05) is 31.6 Å². The van der Waals surface area contributed by atoms with Gasteiger partial charge < -0.3 is 9.47 Å². The van der Waals surface area contributed by atoms with Crippen molar-refractivity contribution in [3.05, 3.63) is 23.8 Å². The number of carbonyl (C=O) groups excluding carboxylic acids is 2. The normalized spacial score (nSPS) is 26.5. The Morgan fingerprint density at radius 1 is 1.29 bits per heavy atom. The van der Waals surface area contributed by atoms with E-state index in [1.165, 1.54) is 14.2 Å². The highest BCUT2D eigenvalue weighted by atomic mass is 16.5. The maximum absolute atomic E-state index is 12.2. The Balaban J connectivity index is 2.39. The van der Waals surface area contributed by atoms with Crippen LogP contribution in [-0.2, 0) is 19.1 Å². The number of fused-ring (bicyclic) bond motifs is 1. The first-order valence-electron chi connectivity index (χ1n) is 7.65. The molecule has 2 aliphatic rings. The van der Waals surface area contributed by atoms with Crippen LogP contribution in [0.4, 0.5) is 0 Å². The second-order valence-corrected chi connectivity index (χ2v) is 5.94. The summed E-state index contributed by atoms with van der Waals surface area (Å²) < 4.78 is 9.78. The molecule has 4 heteroatoms. The summed E-state index contributed by atoms with van der Waals surface area (Å²) in [5.74, 6) is -0.183. The zero-order chi connectivity index (χ0) is 15.5. The van der Waals surface area contributed by atoms with Gasteiger partial charge in [0.25, 0.3) is 0 Å². The summed E-state index contributed by atoms with van der Waals surface area (Å²) in [6, 6.07) is 0. The molecule has 0 aromatic rings. The fourth-order valence-electron chi connectivity index (χ4n) is 3.41. The van der Waals surface area contributed by atoms with Crippen LogP contribution >= 0.6 is 0 Å². The predicted molar refractivity (Wildman–Crippen MR) is 79.4 cm³/mol. The van der Waals surface area contributed by atoms with E-state index in [9.17, 15) is 9.59 Å². The number of ether oxygens (including phenoxy) is 2. The Hall–Kier alpha value is -1.58. The van der Waals surface area contributed by atoms with Crippen LogP contribution in [0.2, 0.25) is 0 Å². The molecule has 0 aromatic heterocycles. The maximum atomic E-state index is 12.2. The largest absolute Gasteiger partial charge is 0.468 e. The van der Waals surface area contributed by atoms with Crippen molar-refractivity contribution in [3.63, 3.8) is 0 Å². The summed E-state index contributed by atoms with van der Waals surface area (Å²) in [7, 11) is 2.64. The van der Waals surface area contributed by atoms with Crippen molar-refractivity contribution in [1.29, 1.82) is 0 Å². The van der Waals surface area contributed by atoms with Crippen molar-refractivity contribution in [1.82, 2.24) is 0 Å². The summed E-state index contributed by atoms with van der Waals surface area (Å²) in [6.45, 7) is 2.12. The van der Waals surface area contributed by atoms with Gasteiger partial charge in [-0.15, -0.1) is 0 Å². The van der Waals surface area contributed by atoms with Crippen LogP contribution in [0, 0.1) is 17.3 Å². The van der Waals surface area contributed by atoms with Crippen molar-refractivity contribution in [2.45, 2.75) is 39.0 Å². The Bertz CT molecular complexity index is 459. The van der Waals surface area contributed by atoms with E-state index in [1.54, 1.807) is 6.08 Å². The summed E-state index contributed by atoms with van der Waals surface area (Å²) in [5.41, 5.74) is -0.182. The van der Waals surface area contributed by atoms with E-state index in [-0.39, 0.29) is 0 Å². The minimum atomic E-state index is -1.27. The molecule has 0 bridgehead atoms. The molecule has 0 N–H and O–H groups in total. The maximum Gasteiger partial charge on any atom is 0.327 e. The Morgan fingerprint density at radius 2 is 1.95 bits per heavy atom. The van der Waals surface area contributed by atoms with E-state index < -0.39 is 17.4 Å². The average Bonchev–Trinajstić information content (AvgIpc) is 2.47. The van der Waals surface area contributed by atoms with Gasteiger partial charge in [-0.2, -0.15) is 0 Å². The minimum Gasteiger partial charge on any atom is -0.468 e. The molecule has 0 aromatic carbocycles. The summed E-state index contributed by atoms with van der Waals surface area (Å²) in [5, 5.41) is 0. The monoisotopic (exact) mass is 292 g/mol. The molecule has 2 unspecified atom stereocenters. The molecule has 0 saturated heterocycles. The van der Waals surface area contributed by atoms with Crippen molar-refractivity contribution in [2.75, 3.05) is 14.2 Å². The quantitative estimate of drug-likeness (QED) is 0.577. The number of unbranched alkanes of at least 4 members (excludes halogenated alkanes) is 1. The second kappa shape index (κ2) is 6.46. The van der Waals surface area contributed by atoms with Gasteiger partial charge in [0, 0.05) is 0 Å². The fourth-order valence-corrected chi connectivity index (χ4v) is 3.41. The third-order valence-corrected chi connectivity index (χ3v) is 4.71. The lowest BCUT2D eigenvalue weighted by molar-refractivity contribution is -0.168. The fraction of sp³-hybridized carbons (Fsp3) is 0.647. The molecule has 116 valence electrons. The topological polar surface area (TPSA) is 52.6 Å². The molecular formula is C17H24O4. The number of hydrogen-bond donors (Lipinski definition) is 0. The lowest BCUT2D eigenvalue weighted by atomic mass is 9.58. The minimum absolute atomic E-state index is 0.370. The van der Waals surface area contributed by atoms with Crippen LogP contribution in [0.5, 0.6) is 0 Å². The molecule has 21 heavy (non-hydrogen) atoms. The van der Waals surface area contributed by atoms with Gasteiger partial charge in [-0.05, 0) is 43.1 Å². The molecule has 4 nitrogen and oxygen atoms in total. The lowest BCUT2D eigenvalue weighted by Gasteiger charge is -2.46. The molecule has 0 radical (unpaired) electrons. The average molecular weight is 292 g/mol. The highest BCUT2D eigenvalue weighted by Crippen LogP contribution is 2.52. The molecule has 2 atom stereocenters. The standard InChI is InChI=1S/C17H24O4/c1-4-5-6-7-12-10-17(15(18)20-2,16(19)21-3)11-13-8-9-14(12)13/h6-7,10,13-14H,4-5,8-9,11H2,1-3H3/b7-6+. The van der Waals surface area contributed by atoms with Crippen LogP contribution < -0.4 is 0 Å². The lowest BCUT2D eigenvalue weighted by Crippen LogP contribution is -2.47. The van der Waals surface area contributed by atoms with E-state index in [4.69, 9.17) is 9.47 Å². The number of carbonyl (C=O) groups is 2. The zero-order valence-electron chi connectivity index (χ0n) is 13.1. The highest BCUT2D eigenvalue weighted by molar-refractivity contribution is 6.02. The first-order valence-corrected chi connectivity index (χ1v) is 7.65. The van der Waals surface area contributed by atoms with Crippen LogP contribution in [0.3, 0.4) is 0 Å². The van der Waals surface area contributed by atoms with Gasteiger partial charge in [0.1, 0.15) is 0 Å². The molecule has 0 aliphatic heterocycles. The zero-order valence-corrected chi connectivity index (χ0v) is 13.1. The Morgan fingerprint density at radius 3 is 2.43 bits per heavy atom. The van der Waals surface area contributed by atoms with Gasteiger partial charge >= 0.3 is 11.9 Å². The molecule has 0 spiro atoms. The van der Waals surface area contributed by atoms with Crippen LogP contribution in [0.25, 0.3) is 0 Å². The Labute approximate surface area is 126 Å². The number of rotatable bonds is 5. The number of esters is 2. The smallest absolute Gasteiger partial charge is 0.327 e. The second-order valence-electron chi connectivity index (χ2n) is 5.94. The van der Waals surface area contributed by atoms with E-state index in [2.05, 4.69) is 19.1 Å². The van der Waals surface area contributed by atoms with Gasteiger partial charge in [0.15, 0.2) is 5.41 Å². The van der Waals surface area contributed by atoms with Crippen LogP contribution in [0.1, 0.15) is 39.0 Å². The van der Waals surface area contributed by atoms with Crippen molar-refractivity contribution in [2.24, 2.45) is 17.3 Å². The first kappa shape index (κ1) is 15.8. The van der Waals surface area contributed by atoms with Crippen LogP contribution in [0.15, 0.2) is 23.8 Å². The first-order chi connectivity index (χ1) is 10.1. The van der Waals surface area contributed by atoms with Crippen molar-refractivity contribution < 1.29 is 19.1 Å². The molecule has 2 aliphatic carbocycles. The van der Waals surface area contributed by atoms with E-state index in [0.717, 1.165) is 31.3 Å².